The Morgan fingerprint density at radius 3 is 2.56 bits per heavy atom. The fraction of sp³-hybridized carbons (Fsp3) is 0.238. The summed E-state index contributed by atoms with van der Waals surface area (Å²) in [6.45, 7) is 2.04. The number of nitrogens with zero attached hydrogens (tertiary/aromatic N) is 2. The monoisotopic (exact) mass is 363 g/mol. The van der Waals surface area contributed by atoms with Gasteiger partial charge in [0.05, 0.1) is 26.1 Å². The Labute approximate surface area is 157 Å². The van der Waals surface area contributed by atoms with Crippen molar-refractivity contribution >= 4 is 11.7 Å². The van der Waals surface area contributed by atoms with E-state index in [2.05, 4.69) is 10.4 Å². The predicted molar refractivity (Wildman–Crippen MR) is 103 cm³/mol. The Bertz CT molecular complexity index is 992. The van der Waals surface area contributed by atoms with Crippen molar-refractivity contribution in [1.82, 2.24) is 9.78 Å². The number of amides is 1. The van der Waals surface area contributed by atoms with Gasteiger partial charge in [-0.3, -0.25) is 4.79 Å². The SMILES string of the molecule is COc1ccc([C@H]2CC(=O)Nc3c2cnn3-c2ccc(C)cc2)c(OC)c1. The van der Waals surface area contributed by atoms with Gasteiger partial charge in [-0.2, -0.15) is 5.10 Å². The van der Waals surface area contributed by atoms with Crippen molar-refractivity contribution in [2.75, 3.05) is 19.5 Å². The van der Waals surface area contributed by atoms with Gasteiger partial charge in [-0.15, -0.1) is 0 Å². The van der Waals surface area contributed by atoms with Gasteiger partial charge in [0.2, 0.25) is 5.91 Å². The smallest absolute Gasteiger partial charge is 0.226 e. The van der Waals surface area contributed by atoms with Crippen molar-refractivity contribution in [1.29, 1.82) is 0 Å². The Balaban J connectivity index is 1.81. The minimum atomic E-state index is -0.131. The van der Waals surface area contributed by atoms with Crippen molar-refractivity contribution in [2.45, 2.75) is 19.3 Å². The van der Waals surface area contributed by atoms with Crippen LogP contribution in [0, 0.1) is 6.92 Å². The Morgan fingerprint density at radius 1 is 1.07 bits per heavy atom. The third kappa shape index (κ3) is 3.03. The summed E-state index contributed by atoms with van der Waals surface area (Å²) in [5.41, 5.74) is 3.99. The number of nitrogens with one attached hydrogen (secondary N) is 1. The topological polar surface area (TPSA) is 65.4 Å². The van der Waals surface area contributed by atoms with Crippen LogP contribution < -0.4 is 14.8 Å². The first-order valence-corrected chi connectivity index (χ1v) is 8.77. The first-order chi connectivity index (χ1) is 13.1. The number of benzene rings is 2. The third-order valence-corrected chi connectivity index (χ3v) is 4.91. The van der Waals surface area contributed by atoms with Crippen molar-refractivity contribution < 1.29 is 14.3 Å². The summed E-state index contributed by atoms with van der Waals surface area (Å²) < 4.78 is 12.6. The molecule has 1 atom stereocenters. The maximum atomic E-state index is 12.5. The van der Waals surface area contributed by atoms with Crippen LogP contribution in [0.15, 0.2) is 48.7 Å². The van der Waals surface area contributed by atoms with Crippen LogP contribution in [0.3, 0.4) is 0 Å². The summed E-state index contributed by atoms with van der Waals surface area (Å²) in [5, 5.41) is 7.51. The van der Waals surface area contributed by atoms with Crippen molar-refractivity contribution in [3.8, 4) is 17.2 Å². The van der Waals surface area contributed by atoms with Crippen molar-refractivity contribution in [3.05, 3.63) is 65.4 Å². The molecule has 27 heavy (non-hydrogen) atoms. The van der Waals surface area contributed by atoms with Crippen LogP contribution in [0.1, 0.15) is 29.0 Å². The highest BCUT2D eigenvalue weighted by Crippen LogP contribution is 2.42. The molecule has 138 valence electrons. The van der Waals surface area contributed by atoms with Gasteiger partial charge in [0, 0.05) is 29.5 Å². The number of fused-ring (bicyclic) bond motifs is 1. The highest BCUT2D eigenvalue weighted by atomic mass is 16.5. The summed E-state index contributed by atoms with van der Waals surface area (Å²) >= 11 is 0. The first-order valence-electron chi connectivity index (χ1n) is 8.77. The van der Waals surface area contributed by atoms with E-state index in [1.807, 2.05) is 55.6 Å². The molecule has 0 saturated carbocycles. The molecule has 4 rings (SSSR count). The number of carbonyl (C=O) groups excluding carboxylic acids is 1. The minimum absolute atomic E-state index is 0.0424. The normalized spacial score (nSPS) is 15.8. The Kier molecular flexibility index (Phi) is 4.32. The molecule has 6 nitrogen and oxygen atoms in total. The number of methoxy groups -OCH3 is 2. The molecule has 1 aromatic heterocycles. The fourth-order valence-corrected chi connectivity index (χ4v) is 3.49. The van der Waals surface area contributed by atoms with E-state index >= 15 is 0 Å². The van der Waals surface area contributed by atoms with Gasteiger partial charge in [0.1, 0.15) is 17.3 Å². The summed E-state index contributed by atoms with van der Waals surface area (Å²) in [7, 11) is 3.24. The molecule has 1 N–H and O–H groups in total. The van der Waals surface area contributed by atoms with Crippen LogP contribution in [-0.4, -0.2) is 29.9 Å². The molecule has 0 radical (unpaired) electrons. The number of hydrogen-bond donors (Lipinski definition) is 1. The van der Waals surface area contributed by atoms with Crippen LogP contribution in [0.2, 0.25) is 0 Å². The Morgan fingerprint density at radius 2 is 1.85 bits per heavy atom. The molecule has 1 aliphatic rings. The molecule has 1 aliphatic heterocycles. The molecule has 0 spiro atoms. The number of ether oxygens (including phenoxy) is 2. The maximum absolute atomic E-state index is 12.5. The van der Waals surface area contributed by atoms with Crippen LogP contribution in [0.4, 0.5) is 5.82 Å². The quantitative estimate of drug-likeness (QED) is 0.768. The van der Waals surface area contributed by atoms with Gasteiger partial charge in [0.25, 0.3) is 0 Å². The van der Waals surface area contributed by atoms with Crippen LogP contribution in [-0.2, 0) is 4.79 Å². The summed E-state index contributed by atoms with van der Waals surface area (Å²) in [4.78, 5) is 12.5. The fourth-order valence-electron chi connectivity index (χ4n) is 3.49. The largest absolute Gasteiger partial charge is 0.497 e. The standard InChI is InChI=1S/C21H21N3O3/c1-13-4-6-14(7-5-13)24-21-18(12-22-24)17(11-20(25)23-21)16-9-8-15(26-2)10-19(16)27-3/h4-10,12,17H,11H2,1-3H3,(H,23,25)/t17-/m1/s1. The van der Waals surface area contributed by atoms with Gasteiger partial charge < -0.3 is 14.8 Å². The number of anilines is 1. The molecule has 1 amide bonds. The number of hydrogen-bond acceptors (Lipinski definition) is 4. The van der Waals surface area contributed by atoms with E-state index in [-0.39, 0.29) is 11.8 Å². The average Bonchev–Trinajstić information content (AvgIpc) is 3.11. The number of rotatable bonds is 4. The molecule has 3 aromatic rings. The molecular formula is C21H21N3O3. The van der Waals surface area contributed by atoms with E-state index in [9.17, 15) is 4.79 Å². The molecule has 0 aliphatic carbocycles. The van der Waals surface area contributed by atoms with E-state index < -0.39 is 0 Å². The summed E-state index contributed by atoms with van der Waals surface area (Å²) in [6, 6.07) is 13.7. The van der Waals surface area contributed by atoms with Crippen LogP contribution >= 0.6 is 0 Å². The van der Waals surface area contributed by atoms with E-state index in [1.54, 1.807) is 18.9 Å². The van der Waals surface area contributed by atoms with E-state index in [4.69, 9.17) is 9.47 Å². The lowest BCUT2D eigenvalue weighted by molar-refractivity contribution is -0.116. The zero-order chi connectivity index (χ0) is 19.0. The van der Waals surface area contributed by atoms with Crippen LogP contribution in [0.5, 0.6) is 11.5 Å². The van der Waals surface area contributed by atoms with Gasteiger partial charge in [-0.05, 0) is 25.1 Å². The number of aryl methyl sites for hydroxylation is 1. The zero-order valence-electron chi connectivity index (χ0n) is 15.5. The zero-order valence-corrected chi connectivity index (χ0v) is 15.5. The van der Waals surface area contributed by atoms with Crippen molar-refractivity contribution in [2.24, 2.45) is 0 Å². The summed E-state index contributed by atoms with van der Waals surface area (Å²) in [5.74, 6) is 1.94. The number of carbonyl (C=O) groups is 1. The maximum Gasteiger partial charge on any atom is 0.226 e. The Hall–Kier alpha value is -3.28. The highest BCUT2D eigenvalue weighted by molar-refractivity contribution is 5.94. The first kappa shape index (κ1) is 17.1. The van der Waals surface area contributed by atoms with Gasteiger partial charge >= 0.3 is 0 Å². The van der Waals surface area contributed by atoms with Crippen molar-refractivity contribution in [3.63, 3.8) is 0 Å². The minimum Gasteiger partial charge on any atom is -0.497 e. The average molecular weight is 363 g/mol. The van der Waals surface area contributed by atoms with Gasteiger partial charge in [0.15, 0.2) is 0 Å². The predicted octanol–water partition coefficient (Wildman–Crippen LogP) is 3.67. The molecular weight excluding hydrogens is 342 g/mol. The lowest BCUT2D eigenvalue weighted by Gasteiger charge is -2.25. The molecule has 2 heterocycles. The summed E-state index contributed by atoms with van der Waals surface area (Å²) in [6.07, 6.45) is 2.16. The van der Waals surface area contributed by atoms with Crippen LogP contribution in [0.25, 0.3) is 5.69 Å². The molecule has 0 unspecified atom stereocenters. The molecule has 0 fully saturated rings. The molecule has 6 heteroatoms. The highest BCUT2D eigenvalue weighted by Gasteiger charge is 2.32. The second kappa shape index (κ2) is 6.79. The molecule has 0 bridgehead atoms. The third-order valence-electron chi connectivity index (χ3n) is 4.91. The second-order valence-corrected chi connectivity index (χ2v) is 6.61. The lowest BCUT2D eigenvalue weighted by atomic mass is 9.86. The van der Waals surface area contributed by atoms with E-state index in [0.29, 0.717) is 23.7 Å². The molecule has 0 saturated heterocycles. The van der Waals surface area contributed by atoms with Gasteiger partial charge in [-0.1, -0.05) is 23.8 Å². The second-order valence-electron chi connectivity index (χ2n) is 6.61. The van der Waals surface area contributed by atoms with E-state index in [0.717, 1.165) is 16.8 Å². The number of aromatic nitrogens is 2. The lowest BCUT2D eigenvalue weighted by Crippen LogP contribution is -2.24. The molecule has 2 aromatic carbocycles. The van der Waals surface area contributed by atoms with E-state index in [1.165, 1.54) is 5.56 Å². The van der Waals surface area contributed by atoms with Gasteiger partial charge in [-0.25, -0.2) is 4.68 Å².